The van der Waals surface area contributed by atoms with Gasteiger partial charge in [-0.1, -0.05) is 29.8 Å². The summed E-state index contributed by atoms with van der Waals surface area (Å²) in [6.07, 6.45) is -9.79. The molecule has 2 aromatic rings. The molecule has 8 atom stereocenters. The number of para-hydroxylation sites is 1. The maximum atomic E-state index is 11.4. The molecule has 0 aromatic heterocycles. The molecule has 33 heavy (non-hydrogen) atoms. The topological polar surface area (TPSA) is 129 Å². The van der Waals surface area contributed by atoms with E-state index in [0.29, 0.717) is 22.1 Å². The fourth-order valence-corrected chi connectivity index (χ4v) is 5.09. The van der Waals surface area contributed by atoms with Crippen LogP contribution in [0.15, 0.2) is 42.5 Å². The summed E-state index contributed by atoms with van der Waals surface area (Å²) >= 11 is 6.27. The average Bonchev–Trinajstić information content (AvgIpc) is 3.16. The monoisotopic (exact) mass is 481 g/mol. The highest BCUT2D eigenvalue weighted by Gasteiger charge is 2.53. The highest BCUT2D eigenvalue weighted by atomic mass is 35.5. The predicted octanol–water partition coefficient (Wildman–Crippen LogP) is 0.262. The summed E-state index contributed by atoms with van der Waals surface area (Å²) in [6.45, 7) is -3.05. The van der Waals surface area contributed by atoms with Crippen molar-refractivity contribution in [2.45, 2.75) is 42.5 Å². The minimum Gasteiger partial charge on any atom is -0.547 e. The smallest absolute Gasteiger partial charge is 0.245 e. The lowest BCUT2D eigenvalue weighted by atomic mass is 9.84. The predicted molar refractivity (Wildman–Crippen MR) is 112 cm³/mol. The number of fused-ring (bicyclic) bond motifs is 5. The van der Waals surface area contributed by atoms with Crippen molar-refractivity contribution in [1.29, 1.82) is 0 Å². The summed E-state index contributed by atoms with van der Waals surface area (Å²) in [5, 5.41) is 42.5. The molecule has 0 saturated carbocycles. The van der Waals surface area contributed by atoms with Gasteiger partial charge in [-0.2, -0.15) is 9.48 Å². The first-order valence-electron chi connectivity index (χ1n) is 11.9. The number of benzene rings is 2. The molecule has 176 valence electrons. The van der Waals surface area contributed by atoms with Gasteiger partial charge in [0.05, 0.1) is 28.9 Å². The number of aliphatic hydroxyl groups excluding tert-OH is 3. The Kier molecular flexibility index (Phi) is 4.75. The lowest BCUT2D eigenvalue weighted by Crippen LogP contribution is -2.64. The highest BCUT2D eigenvalue weighted by molar-refractivity contribution is 6.30. The van der Waals surface area contributed by atoms with E-state index < -0.39 is 60.1 Å². The van der Waals surface area contributed by atoms with E-state index in [4.69, 9.17) is 30.0 Å². The number of hydrogen-bond acceptors (Lipinski definition) is 8. The van der Waals surface area contributed by atoms with Crippen LogP contribution in [0.3, 0.4) is 0 Å². The second-order valence-corrected chi connectivity index (χ2v) is 9.05. The first kappa shape index (κ1) is 19.1. The Labute approximate surface area is 199 Å². The molecule has 0 radical (unpaired) electrons. The van der Waals surface area contributed by atoms with Crippen molar-refractivity contribution in [2.75, 3.05) is 20.1 Å². The van der Waals surface area contributed by atoms with Crippen molar-refractivity contribution in [2.24, 2.45) is 0 Å². The number of ether oxygens (including phenoxy) is 2. The largest absolute Gasteiger partial charge is 0.547 e. The molecule has 1 unspecified atom stereocenters. The van der Waals surface area contributed by atoms with Gasteiger partial charge in [-0.15, -0.1) is 0 Å². The zero-order chi connectivity index (χ0) is 26.0. The number of carboxylic acid groups (broad SMARTS) is 1. The molecular formula is C23H24ClNO8. The van der Waals surface area contributed by atoms with E-state index in [1.54, 1.807) is 30.3 Å². The van der Waals surface area contributed by atoms with Gasteiger partial charge >= 0.3 is 0 Å². The quantitative estimate of drug-likeness (QED) is 0.421. The van der Waals surface area contributed by atoms with Crippen molar-refractivity contribution < 1.29 is 48.3 Å². The number of halogens is 1. The van der Waals surface area contributed by atoms with Crippen molar-refractivity contribution in [1.82, 2.24) is 0 Å². The first-order chi connectivity index (χ1) is 16.9. The molecule has 3 aliphatic heterocycles. The van der Waals surface area contributed by atoms with Crippen LogP contribution in [0.4, 0.5) is 0 Å². The van der Waals surface area contributed by atoms with Crippen LogP contribution in [0.5, 0.6) is 11.5 Å². The standard InChI is InChI=1S/C23H24ClNO8/c1-25(33-23-20(28)18(26)19(27)21(32-23)22(29)30)9-14-12-4-2-3-5-16(12)31-17-7-6-11(24)8-13(17)15(14)10-25/h2-8,14-15,18-21,23,26-28H,9-10H2,1H3/t14-,15-,18-,19-,20+,21-,23-,25?/m0/s1/i1+1D3. The molecule has 3 heterocycles. The van der Waals surface area contributed by atoms with Crippen LogP contribution >= 0.6 is 11.6 Å². The number of aliphatic hydroxyl groups is 3. The van der Waals surface area contributed by atoms with Crippen LogP contribution in [0, 0.1) is 0 Å². The number of rotatable bonds is 3. The third kappa shape index (κ3) is 3.89. The summed E-state index contributed by atoms with van der Waals surface area (Å²) in [5.74, 6) is -1.66. The molecule has 9 nitrogen and oxygen atoms in total. The summed E-state index contributed by atoms with van der Waals surface area (Å²) in [5.41, 5.74) is 1.42. The lowest BCUT2D eigenvalue weighted by molar-refractivity contribution is -1.09. The number of carbonyl (C=O) groups excluding carboxylic acids is 1. The Morgan fingerprint density at radius 1 is 1.09 bits per heavy atom. The molecule has 2 fully saturated rings. The third-order valence-electron chi connectivity index (χ3n) is 6.49. The zero-order valence-electron chi connectivity index (χ0n) is 20.2. The number of hydroxylamine groups is 3. The minimum absolute atomic E-state index is 0.116. The van der Waals surface area contributed by atoms with Gasteiger partial charge in [-0.25, -0.2) is 0 Å². The number of nitrogens with zero attached hydrogens (tertiary/aromatic N) is 1. The second kappa shape index (κ2) is 8.21. The van der Waals surface area contributed by atoms with E-state index in [1.165, 1.54) is 0 Å². The highest BCUT2D eigenvalue weighted by Crippen LogP contribution is 2.52. The zero-order valence-corrected chi connectivity index (χ0v) is 18.0. The van der Waals surface area contributed by atoms with Gasteiger partial charge in [0.1, 0.15) is 49.0 Å². The number of likely N-dealkylation sites (N-methyl/N-ethyl adjacent to an activating group) is 1. The van der Waals surface area contributed by atoms with E-state index >= 15 is 0 Å². The van der Waals surface area contributed by atoms with Crippen LogP contribution in [0.25, 0.3) is 0 Å². The SMILES string of the molecule is [2H][13C]([2H])([2H])[N+]1(O[C@@H]2O[C@H](C(=O)[O-])[C@@H](O)[C@H](O)[C@H]2O)C[C@H]2c3ccccc3Oc3ccc(Cl)cc3[C@@H]2C1. The van der Waals surface area contributed by atoms with E-state index in [-0.39, 0.29) is 13.1 Å². The normalized spacial score (nSPS) is 39.0. The number of quaternary nitrogens is 1. The molecule has 0 spiro atoms. The maximum Gasteiger partial charge on any atom is 0.245 e. The number of likely N-dealkylation sites (tertiary alicyclic amines) is 1. The summed E-state index contributed by atoms with van der Waals surface area (Å²) in [6, 6.07) is 12.3. The molecule has 3 aliphatic rings. The van der Waals surface area contributed by atoms with Crippen LogP contribution in [0.1, 0.15) is 27.1 Å². The van der Waals surface area contributed by atoms with Gasteiger partial charge in [0.2, 0.25) is 6.29 Å². The number of aliphatic carboxylic acids is 1. The Hall–Kier alpha value is -2.24. The fraction of sp³-hybridized carbons (Fsp3) is 0.435. The molecular weight excluding hydrogens is 455 g/mol. The minimum atomic E-state index is -2.80. The number of hydrogen-bond donors (Lipinski definition) is 3. The third-order valence-corrected chi connectivity index (χ3v) is 6.72. The molecule has 0 amide bonds. The van der Waals surface area contributed by atoms with E-state index in [1.807, 2.05) is 12.1 Å². The Balaban J connectivity index is 1.58. The van der Waals surface area contributed by atoms with Crippen LogP contribution in [-0.4, -0.2) is 76.7 Å². The van der Waals surface area contributed by atoms with Gasteiger partial charge in [0.25, 0.3) is 0 Å². The van der Waals surface area contributed by atoms with Crippen molar-refractivity contribution in [3.8, 4) is 11.5 Å². The van der Waals surface area contributed by atoms with Gasteiger partial charge in [0, 0.05) is 16.1 Å². The maximum absolute atomic E-state index is 11.4. The number of carboxylic acids is 1. The van der Waals surface area contributed by atoms with Crippen molar-refractivity contribution in [3.63, 3.8) is 0 Å². The van der Waals surface area contributed by atoms with Crippen LogP contribution in [-0.2, 0) is 14.4 Å². The molecule has 0 aliphatic carbocycles. The van der Waals surface area contributed by atoms with E-state index in [0.717, 1.165) is 5.56 Å². The fourth-order valence-electron chi connectivity index (χ4n) is 4.91. The van der Waals surface area contributed by atoms with E-state index in [9.17, 15) is 25.2 Å². The second-order valence-electron chi connectivity index (χ2n) is 8.61. The van der Waals surface area contributed by atoms with Crippen LogP contribution in [0.2, 0.25) is 5.02 Å². The first-order valence-corrected chi connectivity index (χ1v) is 10.8. The summed E-state index contributed by atoms with van der Waals surface area (Å²) in [4.78, 5) is 17.3. The van der Waals surface area contributed by atoms with Gasteiger partial charge in [-0.3, -0.25) is 0 Å². The van der Waals surface area contributed by atoms with Gasteiger partial charge in [0.15, 0.2) is 0 Å². The number of carbonyl (C=O) groups is 1. The van der Waals surface area contributed by atoms with Crippen molar-refractivity contribution >= 4 is 17.6 Å². The Morgan fingerprint density at radius 3 is 2.52 bits per heavy atom. The summed E-state index contributed by atoms with van der Waals surface area (Å²) < 4.78 is 35.4. The van der Waals surface area contributed by atoms with Gasteiger partial charge in [-0.05, 0) is 24.3 Å². The molecule has 5 rings (SSSR count). The molecule has 3 N–H and O–H groups in total. The lowest BCUT2D eigenvalue weighted by Gasteiger charge is -2.42. The van der Waals surface area contributed by atoms with Crippen molar-refractivity contribution in [3.05, 3.63) is 58.6 Å². The van der Waals surface area contributed by atoms with E-state index in [2.05, 4.69) is 0 Å². The van der Waals surface area contributed by atoms with Crippen LogP contribution < -0.4 is 9.84 Å². The Bertz CT molecular complexity index is 1180. The molecule has 10 heteroatoms. The molecule has 0 bridgehead atoms. The Morgan fingerprint density at radius 2 is 1.79 bits per heavy atom. The molecule has 2 saturated heterocycles. The molecule has 2 aromatic carbocycles. The average molecular weight is 482 g/mol. The summed E-state index contributed by atoms with van der Waals surface area (Å²) in [7, 11) is 0. The van der Waals surface area contributed by atoms with Gasteiger partial charge < -0.3 is 34.7 Å².